The van der Waals surface area contributed by atoms with Crippen LogP contribution in [0, 0.1) is 0 Å². The standard InChI is InChI=1S/C14H13Cl3N2/c15-7-12-13(10-3-4-10)18-19(14(12)17)8-9-1-5-11(16)6-2-9/h1-2,5-6,10H,3-4,7-8H2. The van der Waals surface area contributed by atoms with E-state index < -0.39 is 0 Å². The van der Waals surface area contributed by atoms with E-state index in [2.05, 4.69) is 5.10 Å². The van der Waals surface area contributed by atoms with Crippen molar-refractivity contribution in [1.82, 2.24) is 9.78 Å². The summed E-state index contributed by atoms with van der Waals surface area (Å²) in [5, 5.41) is 6.02. The topological polar surface area (TPSA) is 17.8 Å². The van der Waals surface area contributed by atoms with E-state index in [1.165, 1.54) is 12.8 Å². The minimum atomic E-state index is 0.422. The summed E-state index contributed by atoms with van der Waals surface area (Å²) in [7, 11) is 0. The van der Waals surface area contributed by atoms with Crippen LogP contribution in [0.15, 0.2) is 24.3 Å². The van der Waals surface area contributed by atoms with Gasteiger partial charge in [0.05, 0.1) is 18.1 Å². The average Bonchev–Trinajstić information content (AvgIpc) is 3.19. The van der Waals surface area contributed by atoms with Gasteiger partial charge in [-0.1, -0.05) is 35.3 Å². The van der Waals surface area contributed by atoms with E-state index >= 15 is 0 Å². The smallest absolute Gasteiger partial charge is 0.132 e. The molecule has 100 valence electrons. The Labute approximate surface area is 127 Å². The van der Waals surface area contributed by atoms with Gasteiger partial charge >= 0.3 is 0 Å². The van der Waals surface area contributed by atoms with Gasteiger partial charge in [0.15, 0.2) is 0 Å². The Hall–Kier alpha value is -0.700. The summed E-state index contributed by atoms with van der Waals surface area (Å²) in [6.07, 6.45) is 2.39. The van der Waals surface area contributed by atoms with E-state index in [0.717, 1.165) is 21.8 Å². The van der Waals surface area contributed by atoms with Gasteiger partial charge in [-0.3, -0.25) is 0 Å². The molecule has 1 aliphatic carbocycles. The van der Waals surface area contributed by atoms with Crippen LogP contribution in [-0.4, -0.2) is 9.78 Å². The Morgan fingerprint density at radius 3 is 2.42 bits per heavy atom. The van der Waals surface area contributed by atoms with Crippen LogP contribution in [0.2, 0.25) is 10.2 Å². The van der Waals surface area contributed by atoms with Gasteiger partial charge in [0.25, 0.3) is 0 Å². The molecule has 0 saturated heterocycles. The molecule has 1 heterocycles. The van der Waals surface area contributed by atoms with Crippen LogP contribution in [0.4, 0.5) is 0 Å². The molecule has 5 heteroatoms. The summed E-state index contributed by atoms with van der Waals surface area (Å²) in [5.74, 6) is 0.975. The lowest BCUT2D eigenvalue weighted by atomic mass is 10.2. The van der Waals surface area contributed by atoms with Gasteiger partial charge in [0.2, 0.25) is 0 Å². The van der Waals surface area contributed by atoms with E-state index in [-0.39, 0.29) is 0 Å². The highest BCUT2D eigenvalue weighted by atomic mass is 35.5. The molecule has 0 amide bonds. The predicted molar refractivity (Wildman–Crippen MR) is 79.3 cm³/mol. The third-order valence-electron chi connectivity index (χ3n) is 3.36. The van der Waals surface area contributed by atoms with Crippen LogP contribution < -0.4 is 0 Å². The first-order valence-corrected chi connectivity index (χ1v) is 7.53. The molecule has 0 unspecified atom stereocenters. The van der Waals surface area contributed by atoms with E-state index in [9.17, 15) is 0 Å². The van der Waals surface area contributed by atoms with Crippen molar-refractivity contribution in [3.8, 4) is 0 Å². The molecule has 2 nitrogen and oxygen atoms in total. The molecular formula is C14H13Cl3N2. The lowest BCUT2D eigenvalue weighted by molar-refractivity contribution is 0.673. The maximum Gasteiger partial charge on any atom is 0.132 e. The molecule has 0 spiro atoms. The van der Waals surface area contributed by atoms with Crippen molar-refractivity contribution in [3.05, 3.63) is 51.3 Å². The highest BCUT2D eigenvalue weighted by Gasteiger charge is 2.30. The third-order valence-corrected chi connectivity index (χ3v) is 4.30. The lowest BCUT2D eigenvalue weighted by Crippen LogP contribution is -2.02. The summed E-state index contributed by atoms with van der Waals surface area (Å²) < 4.78 is 1.83. The van der Waals surface area contributed by atoms with Crippen LogP contribution in [0.5, 0.6) is 0 Å². The Kier molecular flexibility index (Phi) is 3.75. The molecule has 0 bridgehead atoms. The van der Waals surface area contributed by atoms with Crippen LogP contribution >= 0.6 is 34.8 Å². The summed E-state index contributed by atoms with van der Waals surface area (Å²) >= 11 is 18.2. The van der Waals surface area contributed by atoms with Crippen molar-refractivity contribution in [2.45, 2.75) is 31.2 Å². The quantitative estimate of drug-likeness (QED) is 0.737. The highest BCUT2D eigenvalue weighted by Crippen LogP contribution is 2.43. The number of aromatic nitrogens is 2. The van der Waals surface area contributed by atoms with E-state index in [4.69, 9.17) is 34.8 Å². The first kappa shape index (κ1) is 13.3. The fourth-order valence-corrected chi connectivity index (χ4v) is 2.89. The fourth-order valence-electron chi connectivity index (χ4n) is 2.17. The van der Waals surface area contributed by atoms with Crippen molar-refractivity contribution in [2.24, 2.45) is 0 Å². The number of hydrogen-bond donors (Lipinski definition) is 0. The van der Waals surface area contributed by atoms with Gasteiger partial charge in [-0.05, 0) is 30.5 Å². The Bertz CT molecular complexity index is 585. The first-order valence-electron chi connectivity index (χ1n) is 6.24. The molecule has 19 heavy (non-hydrogen) atoms. The number of hydrogen-bond acceptors (Lipinski definition) is 1. The number of nitrogens with zero attached hydrogens (tertiary/aromatic N) is 2. The SMILES string of the molecule is ClCc1c(C2CC2)nn(Cc2ccc(Cl)cc2)c1Cl. The molecular weight excluding hydrogens is 303 g/mol. The minimum Gasteiger partial charge on any atom is -0.249 e. The molecule has 1 saturated carbocycles. The Morgan fingerprint density at radius 2 is 1.84 bits per heavy atom. The third kappa shape index (κ3) is 2.76. The molecule has 2 aromatic rings. The maximum atomic E-state index is 6.37. The predicted octanol–water partition coefficient (Wildman–Crippen LogP) is 4.85. The second kappa shape index (κ2) is 5.35. The Morgan fingerprint density at radius 1 is 1.16 bits per heavy atom. The number of alkyl halides is 1. The van der Waals surface area contributed by atoms with E-state index in [1.54, 1.807) is 0 Å². The van der Waals surface area contributed by atoms with Crippen LogP contribution in [0.1, 0.15) is 35.6 Å². The maximum absolute atomic E-state index is 6.37. The first-order chi connectivity index (χ1) is 9.19. The van der Waals surface area contributed by atoms with E-state index in [1.807, 2.05) is 28.9 Å². The van der Waals surface area contributed by atoms with Crippen LogP contribution in [0.25, 0.3) is 0 Å². The highest BCUT2D eigenvalue weighted by molar-refractivity contribution is 6.31. The summed E-state index contributed by atoms with van der Waals surface area (Å²) in [5.41, 5.74) is 3.19. The normalized spacial score (nSPS) is 14.9. The molecule has 0 aliphatic heterocycles. The van der Waals surface area contributed by atoms with Crippen molar-refractivity contribution < 1.29 is 0 Å². The molecule has 1 aromatic heterocycles. The monoisotopic (exact) mass is 314 g/mol. The van der Waals surface area contributed by atoms with Crippen molar-refractivity contribution >= 4 is 34.8 Å². The molecule has 1 aliphatic rings. The number of halogens is 3. The second-order valence-electron chi connectivity index (χ2n) is 4.85. The van der Waals surface area contributed by atoms with Crippen molar-refractivity contribution in [2.75, 3.05) is 0 Å². The molecule has 3 rings (SSSR count). The van der Waals surface area contributed by atoms with Crippen LogP contribution in [0.3, 0.4) is 0 Å². The molecule has 1 aromatic carbocycles. The summed E-state index contributed by atoms with van der Waals surface area (Å²) in [6.45, 7) is 0.645. The van der Waals surface area contributed by atoms with Gasteiger partial charge in [-0.15, -0.1) is 11.6 Å². The zero-order valence-electron chi connectivity index (χ0n) is 10.2. The van der Waals surface area contributed by atoms with Crippen molar-refractivity contribution in [1.29, 1.82) is 0 Å². The van der Waals surface area contributed by atoms with Gasteiger partial charge in [-0.2, -0.15) is 5.10 Å². The van der Waals surface area contributed by atoms with Crippen molar-refractivity contribution in [3.63, 3.8) is 0 Å². The molecule has 0 radical (unpaired) electrons. The second-order valence-corrected chi connectivity index (χ2v) is 5.91. The largest absolute Gasteiger partial charge is 0.249 e. The number of rotatable bonds is 4. The lowest BCUT2D eigenvalue weighted by Gasteiger charge is -2.03. The van der Waals surface area contributed by atoms with Gasteiger partial charge in [0, 0.05) is 16.5 Å². The van der Waals surface area contributed by atoms with Gasteiger partial charge < -0.3 is 0 Å². The van der Waals surface area contributed by atoms with E-state index in [0.29, 0.717) is 23.5 Å². The molecule has 0 atom stereocenters. The zero-order chi connectivity index (χ0) is 13.4. The number of benzene rings is 1. The molecule has 1 fully saturated rings. The summed E-state index contributed by atoms with van der Waals surface area (Å²) in [4.78, 5) is 0. The average molecular weight is 316 g/mol. The minimum absolute atomic E-state index is 0.422. The van der Waals surface area contributed by atoms with Gasteiger partial charge in [-0.25, -0.2) is 4.68 Å². The van der Waals surface area contributed by atoms with Crippen LogP contribution in [-0.2, 0) is 12.4 Å². The van der Waals surface area contributed by atoms with Gasteiger partial charge in [0.1, 0.15) is 5.15 Å². The summed E-state index contributed by atoms with van der Waals surface area (Å²) in [6, 6.07) is 7.71. The zero-order valence-corrected chi connectivity index (χ0v) is 12.5. The fraction of sp³-hybridized carbons (Fsp3) is 0.357. The molecule has 0 N–H and O–H groups in total. The Balaban J connectivity index is 1.90.